The van der Waals surface area contributed by atoms with Crippen molar-refractivity contribution in [2.75, 3.05) is 13.1 Å². The zero-order chi connectivity index (χ0) is 15.2. The third-order valence-corrected chi connectivity index (χ3v) is 6.02. The van der Waals surface area contributed by atoms with Gasteiger partial charge in [0.25, 0.3) is 15.0 Å². The lowest BCUT2D eigenvalue weighted by molar-refractivity contribution is 0.0777. The monoisotopic (exact) mass is 327 g/mol. The summed E-state index contributed by atoms with van der Waals surface area (Å²) in [7, 11) is 1.55. The molecule has 4 nitrogen and oxygen atoms in total. The number of hydrogen-bond donors (Lipinski definition) is 0. The minimum absolute atomic E-state index is 0.0863. The molecule has 0 spiro atoms. The van der Waals surface area contributed by atoms with E-state index < -0.39 is 9.05 Å². The maximum atomic E-state index is 12.7. The summed E-state index contributed by atoms with van der Waals surface area (Å²) in [5, 5.41) is 0. The third-order valence-electron chi connectivity index (χ3n) is 4.64. The highest BCUT2D eigenvalue weighted by molar-refractivity contribution is 8.13. The Bertz CT molecular complexity index is 674. The number of likely N-dealkylation sites (tertiary alicyclic amines) is 1. The average Bonchev–Trinajstić information content (AvgIpc) is 2.96. The molecule has 1 aliphatic carbocycles. The van der Waals surface area contributed by atoms with Gasteiger partial charge in [0.2, 0.25) is 0 Å². The molecule has 1 heterocycles. The molecule has 6 heteroatoms. The van der Waals surface area contributed by atoms with Crippen molar-refractivity contribution >= 4 is 25.6 Å². The van der Waals surface area contributed by atoms with Crippen LogP contribution >= 0.6 is 10.7 Å². The SMILES string of the molecule is Cc1ccc(S(=O)(=O)Cl)c(C(=O)N2CC3CCCC3C2)c1. The summed E-state index contributed by atoms with van der Waals surface area (Å²) in [6, 6.07) is 4.69. The maximum Gasteiger partial charge on any atom is 0.262 e. The number of rotatable bonds is 2. The van der Waals surface area contributed by atoms with Crippen LogP contribution in [0.4, 0.5) is 0 Å². The lowest BCUT2D eigenvalue weighted by Crippen LogP contribution is -2.30. The number of benzene rings is 1. The van der Waals surface area contributed by atoms with E-state index in [4.69, 9.17) is 10.7 Å². The first kappa shape index (κ1) is 14.9. The predicted molar refractivity (Wildman–Crippen MR) is 81.0 cm³/mol. The number of carbonyl (C=O) groups excluding carboxylic acids is 1. The van der Waals surface area contributed by atoms with Crippen molar-refractivity contribution in [2.45, 2.75) is 31.1 Å². The number of amides is 1. The van der Waals surface area contributed by atoms with Crippen LogP contribution in [0.3, 0.4) is 0 Å². The summed E-state index contributed by atoms with van der Waals surface area (Å²) >= 11 is 0. The van der Waals surface area contributed by atoms with Gasteiger partial charge >= 0.3 is 0 Å². The molecular weight excluding hydrogens is 310 g/mol. The lowest BCUT2D eigenvalue weighted by atomic mass is 10.0. The Hall–Kier alpha value is -1.07. The molecule has 3 rings (SSSR count). The predicted octanol–water partition coefficient (Wildman–Crippen LogP) is 2.79. The van der Waals surface area contributed by atoms with Crippen molar-refractivity contribution < 1.29 is 13.2 Å². The highest BCUT2D eigenvalue weighted by Crippen LogP contribution is 2.38. The van der Waals surface area contributed by atoms with Crippen molar-refractivity contribution in [3.8, 4) is 0 Å². The van der Waals surface area contributed by atoms with Gasteiger partial charge in [-0.1, -0.05) is 18.1 Å². The molecule has 1 amide bonds. The Morgan fingerprint density at radius 3 is 2.43 bits per heavy atom. The van der Waals surface area contributed by atoms with E-state index in [9.17, 15) is 13.2 Å². The Morgan fingerprint density at radius 2 is 1.86 bits per heavy atom. The fourth-order valence-electron chi connectivity index (χ4n) is 3.59. The van der Waals surface area contributed by atoms with Crippen molar-refractivity contribution in [3.63, 3.8) is 0 Å². The van der Waals surface area contributed by atoms with Crippen LogP contribution < -0.4 is 0 Å². The second-order valence-electron chi connectivity index (χ2n) is 6.10. The topological polar surface area (TPSA) is 54.5 Å². The van der Waals surface area contributed by atoms with Crippen LogP contribution in [-0.2, 0) is 9.05 Å². The number of carbonyl (C=O) groups is 1. The average molecular weight is 328 g/mol. The van der Waals surface area contributed by atoms with Crippen molar-refractivity contribution in [2.24, 2.45) is 11.8 Å². The van der Waals surface area contributed by atoms with E-state index in [0.29, 0.717) is 11.8 Å². The molecule has 0 aromatic heterocycles. The van der Waals surface area contributed by atoms with Crippen LogP contribution in [0, 0.1) is 18.8 Å². The number of halogens is 1. The molecular formula is C15H18ClNO3S. The Labute approximate surface area is 129 Å². The van der Waals surface area contributed by atoms with Gasteiger partial charge in [0.05, 0.1) is 10.5 Å². The third kappa shape index (κ3) is 2.81. The Balaban J connectivity index is 1.93. The largest absolute Gasteiger partial charge is 0.338 e. The summed E-state index contributed by atoms with van der Waals surface area (Å²) in [5.41, 5.74) is 1.05. The standard InChI is InChI=1S/C15H18ClNO3S/c1-10-5-6-14(21(16,19)20)13(7-10)15(18)17-8-11-3-2-4-12(11)9-17/h5-7,11-12H,2-4,8-9H2,1H3. The van der Waals surface area contributed by atoms with Gasteiger partial charge in [-0.15, -0.1) is 0 Å². The molecule has 1 aliphatic heterocycles. The van der Waals surface area contributed by atoms with Gasteiger partial charge in [0.1, 0.15) is 0 Å². The first-order valence-corrected chi connectivity index (χ1v) is 9.52. The van der Waals surface area contributed by atoms with E-state index in [-0.39, 0.29) is 16.4 Å². The molecule has 1 saturated heterocycles. The van der Waals surface area contributed by atoms with E-state index in [1.54, 1.807) is 17.0 Å². The highest BCUT2D eigenvalue weighted by atomic mass is 35.7. The van der Waals surface area contributed by atoms with Gasteiger partial charge < -0.3 is 4.90 Å². The maximum absolute atomic E-state index is 12.7. The van der Waals surface area contributed by atoms with Crippen LogP contribution in [0.25, 0.3) is 0 Å². The lowest BCUT2D eigenvalue weighted by Gasteiger charge is -2.19. The molecule has 1 aromatic rings. The van der Waals surface area contributed by atoms with Crippen LogP contribution in [0.1, 0.15) is 35.2 Å². The fourth-order valence-corrected chi connectivity index (χ4v) is 4.64. The molecule has 1 saturated carbocycles. The van der Waals surface area contributed by atoms with E-state index in [2.05, 4.69) is 0 Å². The molecule has 2 aliphatic rings. The summed E-state index contributed by atoms with van der Waals surface area (Å²) in [4.78, 5) is 14.4. The first-order chi connectivity index (χ1) is 9.86. The van der Waals surface area contributed by atoms with Crippen molar-refractivity contribution in [1.29, 1.82) is 0 Å². The smallest absolute Gasteiger partial charge is 0.262 e. The van der Waals surface area contributed by atoms with E-state index in [1.165, 1.54) is 25.3 Å². The molecule has 2 fully saturated rings. The molecule has 2 atom stereocenters. The van der Waals surface area contributed by atoms with Gasteiger partial charge in [-0.05, 0) is 43.7 Å². The number of fused-ring (bicyclic) bond motifs is 1. The molecule has 0 bridgehead atoms. The highest BCUT2D eigenvalue weighted by Gasteiger charge is 2.39. The summed E-state index contributed by atoms with van der Waals surface area (Å²) in [6.07, 6.45) is 3.58. The van der Waals surface area contributed by atoms with Gasteiger partial charge in [-0.3, -0.25) is 4.79 Å². The van der Waals surface area contributed by atoms with Crippen LogP contribution in [0.15, 0.2) is 23.1 Å². The zero-order valence-corrected chi connectivity index (χ0v) is 13.5. The number of nitrogens with zero attached hydrogens (tertiary/aromatic N) is 1. The molecule has 0 radical (unpaired) electrons. The second kappa shape index (κ2) is 5.29. The zero-order valence-electron chi connectivity index (χ0n) is 11.9. The van der Waals surface area contributed by atoms with Crippen molar-refractivity contribution in [3.05, 3.63) is 29.3 Å². The number of hydrogen-bond acceptors (Lipinski definition) is 3. The molecule has 0 N–H and O–H groups in total. The second-order valence-corrected chi connectivity index (χ2v) is 8.63. The summed E-state index contributed by atoms with van der Waals surface area (Å²) < 4.78 is 23.4. The van der Waals surface area contributed by atoms with Crippen LogP contribution in [0.5, 0.6) is 0 Å². The van der Waals surface area contributed by atoms with E-state index >= 15 is 0 Å². The number of aryl methyl sites for hydroxylation is 1. The molecule has 114 valence electrons. The quantitative estimate of drug-likeness (QED) is 0.785. The van der Waals surface area contributed by atoms with Gasteiger partial charge in [0.15, 0.2) is 0 Å². The van der Waals surface area contributed by atoms with Gasteiger partial charge in [-0.25, -0.2) is 8.42 Å². The van der Waals surface area contributed by atoms with E-state index in [0.717, 1.165) is 18.7 Å². The molecule has 21 heavy (non-hydrogen) atoms. The Kier molecular flexibility index (Phi) is 3.74. The van der Waals surface area contributed by atoms with Crippen LogP contribution in [-0.4, -0.2) is 32.3 Å². The first-order valence-electron chi connectivity index (χ1n) is 7.21. The normalized spacial score (nSPS) is 25.1. The Morgan fingerprint density at radius 1 is 1.24 bits per heavy atom. The minimum Gasteiger partial charge on any atom is -0.338 e. The van der Waals surface area contributed by atoms with Crippen molar-refractivity contribution in [1.82, 2.24) is 4.90 Å². The van der Waals surface area contributed by atoms with Gasteiger partial charge in [-0.2, -0.15) is 0 Å². The summed E-state index contributed by atoms with van der Waals surface area (Å²) in [5.74, 6) is 0.942. The van der Waals surface area contributed by atoms with Gasteiger partial charge in [0, 0.05) is 23.8 Å². The minimum atomic E-state index is -3.92. The fraction of sp³-hybridized carbons (Fsp3) is 0.533. The summed E-state index contributed by atoms with van der Waals surface area (Å²) in [6.45, 7) is 3.30. The van der Waals surface area contributed by atoms with Crippen LogP contribution in [0.2, 0.25) is 0 Å². The molecule has 1 aromatic carbocycles. The van der Waals surface area contributed by atoms with E-state index in [1.807, 2.05) is 6.92 Å². The molecule has 2 unspecified atom stereocenters.